The lowest BCUT2D eigenvalue weighted by atomic mass is 10.1. The summed E-state index contributed by atoms with van der Waals surface area (Å²) in [7, 11) is 0. The fourth-order valence-corrected chi connectivity index (χ4v) is 1.80. The van der Waals surface area contributed by atoms with Crippen molar-refractivity contribution >= 4 is 28.7 Å². The summed E-state index contributed by atoms with van der Waals surface area (Å²) in [6.45, 7) is 10.5. The second kappa shape index (κ2) is 7.24. The van der Waals surface area contributed by atoms with Crippen molar-refractivity contribution in [2.45, 2.75) is 41.0 Å². The van der Waals surface area contributed by atoms with Gasteiger partial charge in [0.15, 0.2) is 5.11 Å². The van der Waals surface area contributed by atoms with Crippen LogP contribution in [0.25, 0.3) is 0 Å². The molecular weight excluding hydrogens is 254 g/mol. The smallest absolute Gasteiger partial charge is 0.191 e. The molecular formula is C15H23N3S. The molecule has 104 valence electrons. The molecule has 0 radical (unpaired) electrons. The number of hydrazone groups is 1. The first-order chi connectivity index (χ1) is 8.93. The highest BCUT2D eigenvalue weighted by Gasteiger charge is 2.04. The molecule has 19 heavy (non-hydrogen) atoms. The van der Waals surface area contributed by atoms with Gasteiger partial charge in [-0.2, -0.15) is 5.10 Å². The molecule has 0 spiro atoms. The molecule has 0 saturated heterocycles. The van der Waals surface area contributed by atoms with E-state index in [0.717, 1.165) is 17.8 Å². The lowest BCUT2D eigenvalue weighted by Gasteiger charge is -2.12. The molecule has 1 aromatic carbocycles. The van der Waals surface area contributed by atoms with Crippen molar-refractivity contribution in [3.63, 3.8) is 0 Å². The van der Waals surface area contributed by atoms with Gasteiger partial charge in [-0.1, -0.05) is 31.5 Å². The Morgan fingerprint density at radius 2 is 2.05 bits per heavy atom. The maximum atomic E-state index is 5.24. The van der Waals surface area contributed by atoms with Crippen LogP contribution in [-0.4, -0.2) is 10.8 Å². The predicted octanol–water partition coefficient (Wildman–Crippen LogP) is 4.01. The van der Waals surface area contributed by atoms with Crippen molar-refractivity contribution in [1.29, 1.82) is 0 Å². The fourth-order valence-electron chi connectivity index (χ4n) is 1.65. The molecule has 1 aromatic rings. The van der Waals surface area contributed by atoms with Gasteiger partial charge in [0.2, 0.25) is 0 Å². The first-order valence-corrected chi connectivity index (χ1v) is 7.03. The third kappa shape index (κ3) is 4.99. The minimum atomic E-state index is 0.469. The lowest BCUT2D eigenvalue weighted by molar-refractivity contribution is 0.727. The van der Waals surface area contributed by atoms with E-state index < -0.39 is 0 Å². The van der Waals surface area contributed by atoms with Crippen LogP contribution >= 0.6 is 12.2 Å². The van der Waals surface area contributed by atoms with Gasteiger partial charge in [-0.05, 0) is 57.0 Å². The van der Waals surface area contributed by atoms with Crippen LogP contribution in [0, 0.1) is 19.8 Å². The summed E-state index contributed by atoms with van der Waals surface area (Å²) < 4.78 is 0. The molecule has 0 aromatic heterocycles. The Morgan fingerprint density at radius 3 is 2.63 bits per heavy atom. The second-order valence-electron chi connectivity index (χ2n) is 4.95. The summed E-state index contributed by atoms with van der Waals surface area (Å²) in [6.07, 6.45) is 1.08. The van der Waals surface area contributed by atoms with E-state index in [2.05, 4.69) is 55.7 Å². The molecule has 2 N–H and O–H groups in total. The Labute approximate surface area is 121 Å². The van der Waals surface area contributed by atoms with E-state index in [0.29, 0.717) is 11.0 Å². The Morgan fingerprint density at radius 1 is 1.37 bits per heavy atom. The van der Waals surface area contributed by atoms with Gasteiger partial charge in [0.25, 0.3) is 0 Å². The van der Waals surface area contributed by atoms with Crippen molar-refractivity contribution in [1.82, 2.24) is 5.43 Å². The molecule has 1 atom stereocenters. The van der Waals surface area contributed by atoms with E-state index >= 15 is 0 Å². The Bertz CT molecular complexity index is 480. The Balaban J connectivity index is 2.61. The quantitative estimate of drug-likeness (QED) is 0.496. The molecule has 0 amide bonds. The molecule has 0 aliphatic carbocycles. The van der Waals surface area contributed by atoms with Crippen molar-refractivity contribution in [3.05, 3.63) is 29.3 Å². The van der Waals surface area contributed by atoms with Crippen LogP contribution in [0.3, 0.4) is 0 Å². The van der Waals surface area contributed by atoms with Gasteiger partial charge in [-0.3, -0.25) is 5.43 Å². The van der Waals surface area contributed by atoms with E-state index in [1.807, 2.05) is 13.0 Å². The van der Waals surface area contributed by atoms with E-state index in [-0.39, 0.29) is 0 Å². The third-order valence-corrected chi connectivity index (χ3v) is 3.48. The zero-order chi connectivity index (χ0) is 14.4. The molecule has 0 heterocycles. The Kier molecular flexibility index (Phi) is 5.96. The van der Waals surface area contributed by atoms with Crippen LogP contribution in [0.5, 0.6) is 0 Å². The van der Waals surface area contributed by atoms with Crippen LogP contribution in [0.15, 0.2) is 23.3 Å². The molecule has 0 fully saturated rings. The second-order valence-corrected chi connectivity index (χ2v) is 5.36. The van der Waals surface area contributed by atoms with Crippen molar-refractivity contribution < 1.29 is 0 Å². The topological polar surface area (TPSA) is 36.4 Å². The zero-order valence-electron chi connectivity index (χ0n) is 12.4. The summed E-state index contributed by atoms with van der Waals surface area (Å²) >= 11 is 5.24. The van der Waals surface area contributed by atoms with E-state index in [9.17, 15) is 0 Å². The molecule has 1 rings (SSSR count). The van der Waals surface area contributed by atoms with Crippen LogP contribution in [-0.2, 0) is 0 Å². The van der Waals surface area contributed by atoms with Gasteiger partial charge >= 0.3 is 0 Å². The molecule has 0 saturated carbocycles. The third-order valence-electron chi connectivity index (χ3n) is 3.29. The van der Waals surface area contributed by atoms with Crippen LogP contribution in [0.1, 0.15) is 38.3 Å². The number of benzene rings is 1. The van der Waals surface area contributed by atoms with Gasteiger partial charge in [-0.15, -0.1) is 0 Å². The molecule has 3 nitrogen and oxygen atoms in total. The number of aryl methyl sites for hydroxylation is 2. The summed E-state index contributed by atoms with van der Waals surface area (Å²) in [5, 5.41) is 7.99. The largest absolute Gasteiger partial charge is 0.331 e. The zero-order valence-corrected chi connectivity index (χ0v) is 13.2. The standard InChI is InChI=1S/C15H23N3S/c1-6-11(3)13(5)17-18-15(19)16-14-8-7-10(2)9-12(14)4/h7-9,11H,6H2,1-5H3,(H2,16,18,19)/b17-13-/t11-/m0/s1. The predicted molar refractivity (Wildman–Crippen MR) is 87.8 cm³/mol. The molecule has 0 aliphatic rings. The number of nitrogens with one attached hydrogen (secondary N) is 2. The number of thiocarbonyl (C=S) groups is 1. The highest BCUT2D eigenvalue weighted by Crippen LogP contribution is 2.15. The number of anilines is 1. The van der Waals surface area contributed by atoms with Gasteiger partial charge in [0.05, 0.1) is 0 Å². The number of hydrogen-bond acceptors (Lipinski definition) is 2. The molecule has 0 bridgehead atoms. The van der Waals surface area contributed by atoms with Gasteiger partial charge in [-0.25, -0.2) is 0 Å². The molecule has 0 aliphatic heterocycles. The van der Waals surface area contributed by atoms with Gasteiger partial charge in [0, 0.05) is 11.4 Å². The van der Waals surface area contributed by atoms with Crippen molar-refractivity contribution in [2.75, 3.05) is 5.32 Å². The van der Waals surface area contributed by atoms with Gasteiger partial charge < -0.3 is 5.32 Å². The average Bonchev–Trinajstić information content (AvgIpc) is 2.38. The highest BCUT2D eigenvalue weighted by molar-refractivity contribution is 7.80. The van der Waals surface area contributed by atoms with E-state index in [1.165, 1.54) is 11.1 Å². The monoisotopic (exact) mass is 277 g/mol. The minimum Gasteiger partial charge on any atom is -0.331 e. The van der Waals surface area contributed by atoms with Crippen LogP contribution in [0.4, 0.5) is 5.69 Å². The Hall–Kier alpha value is -1.42. The average molecular weight is 277 g/mol. The normalized spacial score (nSPS) is 13.0. The summed E-state index contributed by atoms with van der Waals surface area (Å²) in [4.78, 5) is 0. The summed E-state index contributed by atoms with van der Waals surface area (Å²) in [5.41, 5.74) is 7.39. The van der Waals surface area contributed by atoms with Crippen LogP contribution in [0.2, 0.25) is 0 Å². The van der Waals surface area contributed by atoms with Crippen molar-refractivity contribution in [2.24, 2.45) is 11.0 Å². The SMILES string of the molecule is CC[C@H](C)/C(C)=N\NC(=S)Nc1ccc(C)cc1C. The lowest BCUT2D eigenvalue weighted by Crippen LogP contribution is -2.26. The number of rotatable bonds is 4. The first kappa shape index (κ1) is 15.6. The molecule has 0 unspecified atom stereocenters. The fraction of sp³-hybridized carbons (Fsp3) is 0.467. The first-order valence-electron chi connectivity index (χ1n) is 6.62. The van der Waals surface area contributed by atoms with Gasteiger partial charge in [0.1, 0.15) is 0 Å². The highest BCUT2D eigenvalue weighted by atomic mass is 32.1. The maximum Gasteiger partial charge on any atom is 0.191 e. The van der Waals surface area contributed by atoms with E-state index in [1.54, 1.807) is 0 Å². The minimum absolute atomic E-state index is 0.469. The van der Waals surface area contributed by atoms with E-state index in [4.69, 9.17) is 12.2 Å². The van der Waals surface area contributed by atoms with Crippen molar-refractivity contribution in [3.8, 4) is 0 Å². The number of nitrogens with zero attached hydrogens (tertiary/aromatic N) is 1. The van der Waals surface area contributed by atoms with Crippen LogP contribution < -0.4 is 10.7 Å². The maximum absolute atomic E-state index is 5.24. The number of hydrogen-bond donors (Lipinski definition) is 2. The summed E-state index contributed by atoms with van der Waals surface area (Å²) in [5.74, 6) is 0.469. The molecule has 4 heteroatoms. The summed E-state index contributed by atoms with van der Waals surface area (Å²) in [6, 6.07) is 6.22.